The first-order chi connectivity index (χ1) is 7.63. The number of halogens is 1. The van der Waals surface area contributed by atoms with Crippen molar-refractivity contribution >= 4 is 11.6 Å². The maximum atomic E-state index is 9.79. The fourth-order valence-corrected chi connectivity index (χ4v) is 2.76. The van der Waals surface area contributed by atoms with Gasteiger partial charge in [-0.25, -0.2) is 0 Å². The lowest BCUT2D eigenvalue weighted by Gasteiger charge is -2.20. The minimum Gasteiger partial charge on any atom is -0.496 e. The van der Waals surface area contributed by atoms with Crippen LogP contribution in [0.3, 0.4) is 0 Å². The number of aliphatic hydroxyl groups excluding tert-OH is 1. The van der Waals surface area contributed by atoms with Crippen LogP contribution in [0.25, 0.3) is 0 Å². The molecule has 0 aromatic heterocycles. The zero-order valence-electron chi connectivity index (χ0n) is 9.61. The van der Waals surface area contributed by atoms with Gasteiger partial charge in [-0.3, -0.25) is 0 Å². The summed E-state index contributed by atoms with van der Waals surface area (Å²) in [7, 11) is 1.67. The SMILES string of the molecule is COc1ccc(Cl)cc1C1CCC(O)C1C. The molecule has 1 aromatic carbocycles. The Morgan fingerprint density at radius 3 is 2.69 bits per heavy atom. The highest BCUT2D eigenvalue weighted by Gasteiger charge is 2.33. The van der Waals surface area contributed by atoms with Crippen molar-refractivity contribution in [3.63, 3.8) is 0 Å². The Balaban J connectivity index is 2.35. The minimum atomic E-state index is -0.200. The molecule has 0 saturated heterocycles. The quantitative estimate of drug-likeness (QED) is 0.860. The third-order valence-corrected chi connectivity index (χ3v) is 3.84. The molecule has 1 aromatic rings. The summed E-state index contributed by atoms with van der Waals surface area (Å²) in [5.74, 6) is 1.49. The molecule has 3 heteroatoms. The standard InChI is InChI=1S/C13H17ClO2/c1-8-10(4-5-12(8)15)11-7-9(14)3-6-13(11)16-2/h3,6-8,10,12,15H,4-5H2,1-2H3. The molecule has 3 unspecified atom stereocenters. The molecule has 1 saturated carbocycles. The highest BCUT2D eigenvalue weighted by atomic mass is 35.5. The van der Waals surface area contributed by atoms with Crippen molar-refractivity contribution in [3.8, 4) is 5.75 Å². The number of ether oxygens (including phenoxy) is 1. The molecule has 2 nitrogen and oxygen atoms in total. The molecule has 2 rings (SSSR count). The molecule has 0 radical (unpaired) electrons. The van der Waals surface area contributed by atoms with E-state index < -0.39 is 0 Å². The molecule has 0 bridgehead atoms. The van der Waals surface area contributed by atoms with Gasteiger partial charge in [-0.15, -0.1) is 0 Å². The molecule has 1 fully saturated rings. The molecule has 1 aliphatic rings. The Kier molecular flexibility index (Phi) is 3.41. The molecule has 0 amide bonds. The lowest BCUT2D eigenvalue weighted by Crippen LogP contribution is -2.14. The van der Waals surface area contributed by atoms with Crippen LogP contribution in [0.4, 0.5) is 0 Å². The summed E-state index contributed by atoms with van der Waals surface area (Å²) >= 11 is 6.02. The number of methoxy groups -OCH3 is 1. The van der Waals surface area contributed by atoms with E-state index in [2.05, 4.69) is 6.92 Å². The summed E-state index contributed by atoms with van der Waals surface area (Å²) in [5.41, 5.74) is 1.12. The van der Waals surface area contributed by atoms with Crippen LogP contribution in [0.1, 0.15) is 31.2 Å². The predicted octanol–water partition coefficient (Wildman–Crippen LogP) is 3.22. The summed E-state index contributed by atoms with van der Waals surface area (Å²) in [6, 6.07) is 5.69. The van der Waals surface area contributed by atoms with E-state index in [1.54, 1.807) is 7.11 Å². The van der Waals surface area contributed by atoms with Crippen LogP contribution in [0.5, 0.6) is 5.75 Å². The molecular formula is C13H17ClO2. The van der Waals surface area contributed by atoms with E-state index in [4.69, 9.17) is 16.3 Å². The van der Waals surface area contributed by atoms with E-state index in [0.717, 1.165) is 29.2 Å². The first-order valence-electron chi connectivity index (χ1n) is 5.65. The van der Waals surface area contributed by atoms with E-state index in [9.17, 15) is 5.11 Å². The summed E-state index contributed by atoms with van der Waals surface area (Å²) in [6.45, 7) is 2.09. The van der Waals surface area contributed by atoms with Crippen LogP contribution < -0.4 is 4.74 Å². The third-order valence-electron chi connectivity index (χ3n) is 3.61. The maximum Gasteiger partial charge on any atom is 0.122 e. The van der Waals surface area contributed by atoms with Crippen molar-refractivity contribution in [2.24, 2.45) is 5.92 Å². The second-order valence-electron chi connectivity index (χ2n) is 4.50. The Labute approximate surface area is 101 Å². The van der Waals surface area contributed by atoms with Gasteiger partial charge in [0.1, 0.15) is 5.75 Å². The predicted molar refractivity (Wildman–Crippen MR) is 65.1 cm³/mol. The van der Waals surface area contributed by atoms with Crippen LogP contribution in [0.15, 0.2) is 18.2 Å². The summed E-state index contributed by atoms with van der Waals surface area (Å²) < 4.78 is 5.36. The van der Waals surface area contributed by atoms with Gasteiger partial charge in [-0.2, -0.15) is 0 Å². The zero-order valence-corrected chi connectivity index (χ0v) is 10.4. The number of aliphatic hydroxyl groups is 1. The second-order valence-corrected chi connectivity index (χ2v) is 4.93. The molecule has 1 aliphatic carbocycles. The zero-order chi connectivity index (χ0) is 11.7. The fourth-order valence-electron chi connectivity index (χ4n) is 2.58. The van der Waals surface area contributed by atoms with Crippen molar-refractivity contribution in [1.82, 2.24) is 0 Å². The van der Waals surface area contributed by atoms with Crippen molar-refractivity contribution in [3.05, 3.63) is 28.8 Å². The topological polar surface area (TPSA) is 29.5 Å². The highest BCUT2D eigenvalue weighted by molar-refractivity contribution is 6.30. The van der Waals surface area contributed by atoms with Crippen LogP contribution in [0, 0.1) is 5.92 Å². The summed E-state index contributed by atoms with van der Waals surface area (Å²) in [5, 5.41) is 10.5. The lowest BCUT2D eigenvalue weighted by atomic mass is 9.89. The number of rotatable bonds is 2. The van der Waals surface area contributed by atoms with E-state index in [1.165, 1.54) is 0 Å². The normalized spacial score (nSPS) is 29.4. The van der Waals surface area contributed by atoms with Crippen molar-refractivity contribution in [1.29, 1.82) is 0 Å². The van der Waals surface area contributed by atoms with Gasteiger partial charge in [0.15, 0.2) is 0 Å². The van der Waals surface area contributed by atoms with E-state index in [0.29, 0.717) is 5.92 Å². The number of benzene rings is 1. The Hall–Kier alpha value is -0.730. The van der Waals surface area contributed by atoms with Gasteiger partial charge >= 0.3 is 0 Å². The Morgan fingerprint density at radius 1 is 1.38 bits per heavy atom. The molecule has 1 N–H and O–H groups in total. The molecule has 0 spiro atoms. The highest BCUT2D eigenvalue weighted by Crippen LogP contribution is 2.43. The van der Waals surface area contributed by atoms with Gasteiger partial charge in [0, 0.05) is 5.02 Å². The van der Waals surface area contributed by atoms with Gasteiger partial charge in [0.25, 0.3) is 0 Å². The fraction of sp³-hybridized carbons (Fsp3) is 0.538. The van der Waals surface area contributed by atoms with Gasteiger partial charge in [-0.1, -0.05) is 18.5 Å². The smallest absolute Gasteiger partial charge is 0.122 e. The van der Waals surface area contributed by atoms with Gasteiger partial charge < -0.3 is 9.84 Å². The van der Waals surface area contributed by atoms with Crippen molar-refractivity contribution in [2.75, 3.05) is 7.11 Å². The van der Waals surface area contributed by atoms with Crippen LogP contribution in [-0.4, -0.2) is 18.3 Å². The maximum absolute atomic E-state index is 9.79. The van der Waals surface area contributed by atoms with Crippen LogP contribution >= 0.6 is 11.6 Å². The molecule has 0 heterocycles. The number of hydrogen-bond acceptors (Lipinski definition) is 2. The largest absolute Gasteiger partial charge is 0.496 e. The first-order valence-corrected chi connectivity index (χ1v) is 6.02. The molecule has 16 heavy (non-hydrogen) atoms. The average Bonchev–Trinajstić information content (AvgIpc) is 2.60. The number of hydrogen-bond donors (Lipinski definition) is 1. The van der Waals surface area contributed by atoms with Gasteiger partial charge in [0.2, 0.25) is 0 Å². The molecule has 88 valence electrons. The van der Waals surface area contributed by atoms with E-state index >= 15 is 0 Å². The monoisotopic (exact) mass is 240 g/mol. The summed E-state index contributed by atoms with van der Waals surface area (Å²) in [6.07, 6.45) is 1.66. The third kappa shape index (κ3) is 2.04. The van der Waals surface area contributed by atoms with Gasteiger partial charge in [0.05, 0.1) is 13.2 Å². The Morgan fingerprint density at radius 2 is 2.12 bits per heavy atom. The molecule has 3 atom stereocenters. The van der Waals surface area contributed by atoms with Crippen molar-refractivity contribution in [2.45, 2.75) is 31.8 Å². The second kappa shape index (κ2) is 4.64. The molecule has 0 aliphatic heterocycles. The summed E-state index contributed by atoms with van der Waals surface area (Å²) in [4.78, 5) is 0. The van der Waals surface area contributed by atoms with Gasteiger partial charge in [-0.05, 0) is 48.4 Å². The first kappa shape index (κ1) is 11.7. The van der Waals surface area contributed by atoms with Crippen molar-refractivity contribution < 1.29 is 9.84 Å². The van der Waals surface area contributed by atoms with Crippen LogP contribution in [-0.2, 0) is 0 Å². The van der Waals surface area contributed by atoms with Crippen LogP contribution in [0.2, 0.25) is 5.02 Å². The lowest BCUT2D eigenvalue weighted by molar-refractivity contribution is 0.136. The average molecular weight is 241 g/mol. The minimum absolute atomic E-state index is 0.200. The Bertz CT molecular complexity index is 378. The van der Waals surface area contributed by atoms with E-state index in [-0.39, 0.29) is 12.0 Å². The molecular weight excluding hydrogens is 224 g/mol. The van der Waals surface area contributed by atoms with E-state index in [1.807, 2.05) is 18.2 Å².